The van der Waals surface area contributed by atoms with E-state index in [1.54, 1.807) is 12.4 Å². The lowest BCUT2D eigenvalue weighted by atomic mass is 9.70. The number of benzene rings is 13. The fourth-order valence-electron chi connectivity index (χ4n) is 15.5. The molecule has 0 unspecified atom stereocenters. The fourth-order valence-corrected chi connectivity index (χ4v) is 15.5. The molecular weight excluding hydrogens is 1070 g/mol. The number of fused-ring (bicyclic) bond motifs is 27. The van der Waals surface area contributed by atoms with Gasteiger partial charge in [-0.2, -0.15) is 0 Å². The van der Waals surface area contributed by atoms with Crippen LogP contribution in [0.3, 0.4) is 0 Å². The molecule has 15 aromatic rings. The van der Waals surface area contributed by atoms with Gasteiger partial charge in [-0.3, -0.25) is 9.97 Å². The van der Waals surface area contributed by atoms with Crippen LogP contribution in [-0.2, 0) is 31.1 Å². The first-order valence-corrected chi connectivity index (χ1v) is 31.2. The summed E-state index contributed by atoms with van der Waals surface area (Å²) in [5, 5.41) is 5.00. The number of pyridine rings is 2. The quantitative estimate of drug-likeness (QED) is 0.141. The highest BCUT2D eigenvalue weighted by molar-refractivity contribution is 6.03. The Kier molecular flexibility index (Phi) is 12.8. The Bertz CT molecular complexity index is 4940. The minimum absolute atomic E-state index is 0.180. The second kappa shape index (κ2) is 21.7. The predicted octanol–water partition coefficient (Wildman–Crippen LogP) is 21.3. The van der Waals surface area contributed by atoms with E-state index in [-0.39, 0.29) is 5.41 Å². The summed E-state index contributed by atoms with van der Waals surface area (Å²) in [5.41, 5.74) is 36.1. The average Bonchev–Trinajstić information content (AvgIpc) is 1.52. The molecule has 2 nitrogen and oxygen atoms in total. The Labute approximate surface area is 519 Å². The van der Waals surface area contributed by atoms with Crippen LogP contribution in [0.2, 0.25) is 0 Å². The topological polar surface area (TPSA) is 25.8 Å². The highest BCUT2D eigenvalue weighted by Crippen LogP contribution is 2.62. The largest absolute Gasteiger partial charge is 0.254 e. The summed E-state index contributed by atoms with van der Waals surface area (Å²) in [4.78, 5) is 8.69. The highest BCUT2D eigenvalue weighted by atomic mass is 14.7. The number of hydrogen-bond donors (Lipinski definition) is 0. The molecular formula is C87H60N2. The van der Waals surface area contributed by atoms with Crippen LogP contribution >= 0.6 is 0 Å². The molecule has 2 heterocycles. The van der Waals surface area contributed by atoms with Gasteiger partial charge in [-0.15, -0.1) is 0 Å². The Morgan fingerprint density at radius 1 is 0.213 bits per heavy atom. The standard InChI is InChI=1S/C25H16.C20H14.C17H12.C13H10.C12H8N2/c1-5-13-21-17(9-1)18-10-2-6-14-22(18)25(21)23-15-7-3-11-19(23)20-12-4-8-16-24(20)25;1-3-7-17-13(5-1)9-15-11-20-16(12-19(15)17)10-14-6-2-4-8-18(14)20;1-3-7-15-12(5-1)9-10-14-11-13-6-2-4-8-16(13)17(14)15;1-3-7-12-10(5-1)9-11-6-2-4-8-13(11)12;1-3-9-5-6-10-4-2-8-14-12(10)11(9)13-7-1/h1-16H;1-8,11-12H,9-10H2;1-10H,11H2;1-8H,9H2;1-8H. The molecule has 21 rings (SSSR count). The summed E-state index contributed by atoms with van der Waals surface area (Å²) in [6.07, 6.45) is 7.96. The van der Waals surface area contributed by atoms with Crippen molar-refractivity contribution in [2.45, 2.75) is 31.1 Å². The summed E-state index contributed by atoms with van der Waals surface area (Å²) < 4.78 is 0. The minimum atomic E-state index is -0.180. The minimum Gasteiger partial charge on any atom is -0.254 e. The zero-order chi connectivity index (χ0) is 58.8. The molecule has 2 heteroatoms. The molecule has 1 spiro atoms. The summed E-state index contributed by atoms with van der Waals surface area (Å²) in [5.74, 6) is 0. The molecule has 2 aromatic heterocycles. The molecule has 89 heavy (non-hydrogen) atoms. The van der Waals surface area contributed by atoms with Crippen LogP contribution < -0.4 is 0 Å². The van der Waals surface area contributed by atoms with Crippen molar-refractivity contribution in [3.8, 4) is 66.8 Å². The first kappa shape index (κ1) is 52.3. The normalized spacial score (nSPS) is 13.1. The van der Waals surface area contributed by atoms with Gasteiger partial charge in [0.25, 0.3) is 0 Å². The van der Waals surface area contributed by atoms with Crippen molar-refractivity contribution in [2.24, 2.45) is 0 Å². The van der Waals surface area contributed by atoms with Gasteiger partial charge >= 0.3 is 0 Å². The van der Waals surface area contributed by atoms with E-state index in [0.717, 1.165) is 47.5 Å². The fraction of sp³-hybridized carbons (Fsp3) is 0.0575. The molecule has 0 N–H and O–H groups in total. The molecule has 0 saturated carbocycles. The van der Waals surface area contributed by atoms with Gasteiger partial charge in [-0.1, -0.05) is 279 Å². The maximum absolute atomic E-state index is 4.35. The van der Waals surface area contributed by atoms with Gasteiger partial charge in [0.15, 0.2) is 0 Å². The Hall–Kier alpha value is -11.1. The van der Waals surface area contributed by atoms with E-state index < -0.39 is 0 Å². The van der Waals surface area contributed by atoms with Gasteiger partial charge in [-0.25, -0.2) is 0 Å². The van der Waals surface area contributed by atoms with E-state index in [1.165, 1.54) is 144 Å². The molecule has 0 aliphatic heterocycles. The zero-order valence-electron chi connectivity index (χ0n) is 49.2. The van der Waals surface area contributed by atoms with E-state index in [4.69, 9.17) is 0 Å². The van der Waals surface area contributed by atoms with Crippen molar-refractivity contribution in [3.63, 3.8) is 0 Å². The molecule has 6 aliphatic rings. The smallest absolute Gasteiger partial charge is 0.0964 e. The molecule has 0 fully saturated rings. The average molecular weight is 1130 g/mol. The van der Waals surface area contributed by atoms with Crippen LogP contribution in [0.1, 0.15) is 66.8 Å². The maximum atomic E-state index is 4.35. The Morgan fingerprint density at radius 3 is 0.955 bits per heavy atom. The van der Waals surface area contributed by atoms with E-state index in [2.05, 4.69) is 301 Å². The lowest BCUT2D eigenvalue weighted by Crippen LogP contribution is -2.25. The predicted molar refractivity (Wildman–Crippen MR) is 370 cm³/mol. The SMILES string of the molecule is c1ccc2c(c1)-c1ccccc1C21c2ccccc2-c2ccccc21.c1ccc2c(c1)Cc1cc3c(cc1-2)Cc1ccccc1-3.c1ccc2c(c1)Cc1ccc3ccccc3c1-2.c1ccc2c(c1)Cc1ccccc1-2.c1cnc2c(c1)ccc1cccnc12. The molecule has 0 saturated heterocycles. The van der Waals surface area contributed by atoms with Crippen LogP contribution in [0.5, 0.6) is 0 Å². The summed E-state index contributed by atoms with van der Waals surface area (Å²) in [6, 6.07) is 110. The molecule has 0 atom stereocenters. The van der Waals surface area contributed by atoms with Crippen molar-refractivity contribution in [2.75, 3.05) is 0 Å². The van der Waals surface area contributed by atoms with Crippen LogP contribution in [0.25, 0.3) is 99.3 Å². The van der Waals surface area contributed by atoms with Gasteiger partial charge < -0.3 is 0 Å². The van der Waals surface area contributed by atoms with Crippen LogP contribution in [0.4, 0.5) is 0 Å². The first-order chi connectivity index (χ1) is 44.2. The van der Waals surface area contributed by atoms with Gasteiger partial charge in [0.2, 0.25) is 0 Å². The Balaban J connectivity index is 0.0000000878. The first-order valence-electron chi connectivity index (χ1n) is 31.2. The van der Waals surface area contributed by atoms with E-state index in [1.807, 2.05) is 12.1 Å². The van der Waals surface area contributed by atoms with Crippen LogP contribution in [0, 0.1) is 0 Å². The molecule has 13 aromatic carbocycles. The van der Waals surface area contributed by atoms with Gasteiger partial charge in [0, 0.05) is 23.2 Å². The van der Waals surface area contributed by atoms with Gasteiger partial charge in [0.1, 0.15) is 0 Å². The third-order valence-corrected chi connectivity index (χ3v) is 19.3. The summed E-state index contributed by atoms with van der Waals surface area (Å²) >= 11 is 0. The molecule has 0 amide bonds. The number of nitrogens with zero attached hydrogens (tertiary/aromatic N) is 2. The van der Waals surface area contributed by atoms with Gasteiger partial charge in [-0.05, 0) is 194 Å². The lowest BCUT2D eigenvalue weighted by molar-refractivity contribution is 0.794. The summed E-state index contributed by atoms with van der Waals surface area (Å²) in [6.45, 7) is 0. The van der Waals surface area contributed by atoms with E-state index in [9.17, 15) is 0 Å². The van der Waals surface area contributed by atoms with Crippen molar-refractivity contribution in [3.05, 3.63) is 382 Å². The van der Waals surface area contributed by atoms with Crippen molar-refractivity contribution in [1.29, 1.82) is 0 Å². The molecule has 418 valence electrons. The number of hydrogen-bond acceptors (Lipinski definition) is 2. The maximum Gasteiger partial charge on any atom is 0.0964 e. The third kappa shape index (κ3) is 8.69. The lowest BCUT2D eigenvalue weighted by Gasteiger charge is -2.30. The van der Waals surface area contributed by atoms with Crippen molar-refractivity contribution >= 4 is 32.6 Å². The van der Waals surface area contributed by atoms with Crippen LogP contribution in [0.15, 0.2) is 316 Å². The van der Waals surface area contributed by atoms with Crippen molar-refractivity contribution < 1.29 is 0 Å². The zero-order valence-corrected chi connectivity index (χ0v) is 49.2. The van der Waals surface area contributed by atoms with E-state index >= 15 is 0 Å². The second-order valence-electron chi connectivity index (χ2n) is 24.1. The number of aromatic nitrogens is 2. The molecule has 0 radical (unpaired) electrons. The molecule has 6 aliphatic carbocycles. The van der Waals surface area contributed by atoms with E-state index in [0.29, 0.717) is 0 Å². The van der Waals surface area contributed by atoms with Gasteiger partial charge in [0.05, 0.1) is 16.4 Å². The second-order valence-corrected chi connectivity index (χ2v) is 24.1. The van der Waals surface area contributed by atoms with Crippen molar-refractivity contribution in [1.82, 2.24) is 9.97 Å². The Morgan fingerprint density at radius 2 is 0.517 bits per heavy atom. The van der Waals surface area contributed by atoms with Crippen LogP contribution in [-0.4, -0.2) is 9.97 Å². The summed E-state index contributed by atoms with van der Waals surface area (Å²) in [7, 11) is 0. The highest BCUT2D eigenvalue weighted by Gasteiger charge is 2.51. The molecule has 0 bridgehead atoms. The number of rotatable bonds is 0. The monoisotopic (exact) mass is 1130 g/mol. The third-order valence-electron chi connectivity index (χ3n) is 19.3.